The molecule has 0 saturated carbocycles. The molecule has 1 saturated heterocycles. The van der Waals surface area contributed by atoms with E-state index >= 15 is 0 Å². The van der Waals surface area contributed by atoms with Gasteiger partial charge in [0.25, 0.3) is 5.91 Å². The van der Waals surface area contributed by atoms with Gasteiger partial charge in [0.05, 0.1) is 26.2 Å². The fourth-order valence-electron chi connectivity index (χ4n) is 3.85. The number of rotatable bonds is 6. The highest BCUT2D eigenvalue weighted by molar-refractivity contribution is 5.94. The summed E-state index contributed by atoms with van der Waals surface area (Å²) in [6, 6.07) is 19.4. The zero-order chi connectivity index (χ0) is 22.5. The van der Waals surface area contributed by atoms with Gasteiger partial charge < -0.3 is 19.7 Å². The number of ether oxygens (including phenoxy) is 2. The molecule has 1 aliphatic rings. The summed E-state index contributed by atoms with van der Waals surface area (Å²) < 4.78 is 10.6. The highest BCUT2D eigenvalue weighted by Crippen LogP contribution is 2.25. The van der Waals surface area contributed by atoms with Crippen molar-refractivity contribution in [2.45, 2.75) is 19.4 Å². The van der Waals surface area contributed by atoms with Gasteiger partial charge in [-0.1, -0.05) is 36.4 Å². The maximum absolute atomic E-state index is 12.7. The zero-order valence-corrected chi connectivity index (χ0v) is 18.5. The van der Waals surface area contributed by atoms with E-state index in [4.69, 9.17) is 9.47 Å². The summed E-state index contributed by atoms with van der Waals surface area (Å²) in [5.41, 5.74) is 2.57. The van der Waals surface area contributed by atoms with Crippen molar-refractivity contribution in [1.82, 2.24) is 10.2 Å². The Balaban J connectivity index is 1.35. The molecule has 0 aliphatic carbocycles. The maximum atomic E-state index is 12.7. The number of carbonyl (C=O) groups excluding carboxylic acids is 2. The lowest BCUT2D eigenvalue weighted by molar-refractivity contribution is -0.122. The summed E-state index contributed by atoms with van der Waals surface area (Å²) >= 11 is 0. The van der Waals surface area contributed by atoms with E-state index in [0.29, 0.717) is 38.4 Å². The van der Waals surface area contributed by atoms with Gasteiger partial charge in [0.2, 0.25) is 5.91 Å². The predicted octanol–water partition coefficient (Wildman–Crippen LogP) is 3.74. The summed E-state index contributed by atoms with van der Waals surface area (Å²) in [5, 5.41) is 5.15. The Labute approximate surface area is 188 Å². The molecule has 4 rings (SSSR count). The van der Waals surface area contributed by atoms with Crippen LogP contribution in [0.3, 0.4) is 0 Å². The van der Waals surface area contributed by atoms with Crippen LogP contribution >= 0.6 is 0 Å². The average molecular weight is 433 g/mol. The second kappa shape index (κ2) is 9.83. The molecule has 1 heterocycles. The molecule has 0 bridgehead atoms. The molecule has 32 heavy (non-hydrogen) atoms. The number of carbonyl (C=O) groups is 2. The molecule has 1 atom stereocenters. The van der Waals surface area contributed by atoms with Crippen LogP contribution in [0.1, 0.15) is 34.3 Å². The monoisotopic (exact) mass is 432 g/mol. The number of nitrogens with zero attached hydrogens (tertiary/aromatic N) is 1. The molecule has 0 radical (unpaired) electrons. The lowest BCUT2D eigenvalue weighted by Crippen LogP contribution is -2.40. The number of nitrogens with one attached hydrogen (secondary N) is 1. The van der Waals surface area contributed by atoms with Gasteiger partial charge in [0, 0.05) is 25.2 Å². The van der Waals surface area contributed by atoms with E-state index in [1.54, 1.807) is 7.11 Å². The summed E-state index contributed by atoms with van der Waals surface area (Å²) in [7, 11) is 1.65. The number of benzene rings is 3. The first-order valence-electron chi connectivity index (χ1n) is 10.9. The van der Waals surface area contributed by atoms with Crippen LogP contribution in [0.15, 0.2) is 60.7 Å². The molecule has 1 fully saturated rings. The maximum Gasteiger partial charge on any atom is 0.254 e. The van der Waals surface area contributed by atoms with Gasteiger partial charge in [-0.3, -0.25) is 9.59 Å². The minimum atomic E-state index is -0.274. The Morgan fingerprint density at radius 1 is 1.00 bits per heavy atom. The van der Waals surface area contributed by atoms with Crippen molar-refractivity contribution < 1.29 is 19.1 Å². The molecule has 1 N–H and O–H groups in total. The molecule has 1 unspecified atom stereocenters. The van der Waals surface area contributed by atoms with E-state index in [0.717, 1.165) is 27.6 Å². The molecule has 1 aliphatic heterocycles. The van der Waals surface area contributed by atoms with Crippen LogP contribution in [-0.2, 0) is 16.1 Å². The van der Waals surface area contributed by atoms with Crippen molar-refractivity contribution in [3.8, 4) is 5.75 Å². The first kappa shape index (κ1) is 21.8. The lowest BCUT2D eigenvalue weighted by Gasteiger charge is -2.26. The fourth-order valence-corrected chi connectivity index (χ4v) is 3.85. The second-order valence-electron chi connectivity index (χ2n) is 8.01. The summed E-state index contributed by atoms with van der Waals surface area (Å²) in [6.07, 6.45) is 0. The fraction of sp³-hybridized carbons (Fsp3) is 0.308. The van der Waals surface area contributed by atoms with Gasteiger partial charge in [-0.15, -0.1) is 0 Å². The Morgan fingerprint density at radius 3 is 2.41 bits per heavy atom. The highest BCUT2D eigenvalue weighted by atomic mass is 16.5. The van der Waals surface area contributed by atoms with Crippen LogP contribution < -0.4 is 10.1 Å². The largest absolute Gasteiger partial charge is 0.497 e. The lowest BCUT2D eigenvalue weighted by atomic mass is 9.97. The minimum Gasteiger partial charge on any atom is -0.497 e. The molecular formula is C26H28N2O4. The molecule has 0 spiro atoms. The third-order valence-electron chi connectivity index (χ3n) is 5.93. The Bertz CT molecular complexity index is 1100. The molecule has 6 heteroatoms. The Kier molecular flexibility index (Phi) is 6.71. The van der Waals surface area contributed by atoms with E-state index in [-0.39, 0.29) is 17.7 Å². The number of methoxy groups -OCH3 is 1. The third kappa shape index (κ3) is 4.92. The number of hydrogen-bond donors (Lipinski definition) is 1. The minimum absolute atomic E-state index is 0.0198. The summed E-state index contributed by atoms with van der Waals surface area (Å²) in [4.78, 5) is 27.1. The molecule has 2 amide bonds. The number of amides is 2. The van der Waals surface area contributed by atoms with E-state index in [1.807, 2.05) is 72.5 Å². The molecule has 0 aromatic heterocycles. The third-order valence-corrected chi connectivity index (χ3v) is 5.93. The van der Waals surface area contributed by atoms with Crippen LogP contribution in [-0.4, -0.2) is 50.1 Å². The van der Waals surface area contributed by atoms with Gasteiger partial charge in [0.1, 0.15) is 5.75 Å². The summed E-state index contributed by atoms with van der Waals surface area (Å²) in [6.45, 7) is 4.73. The van der Waals surface area contributed by atoms with Crippen LogP contribution in [0.25, 0.3) is 10.8 Å². The van der Waals surface area contributed by atoms with Crippen molar-refractivity contribution in [3.63, 3.8) is 0 Å². The van der Waals surface area contributed by atoms with Crippen LogP contribution in [0.4, 0.5) is 0 Å². The molecule has 3 aromatic carbocycles. The van der Waals surface area contributed by atoms with Crippen molar-refractivity contribution in [1.29, 1.82) is 0 Å². The smallest absolute Gasteiger partial charge is 0.254 e. The van der Waals surface area contributed by atoms with Gasteiger partial charge in [-0.05, 0) is 53.1 Å². The van der Waals surface area contributed by atoms with E-state index in [2.05, 4.69) is 5.32 Å². The summed E-state index contributed by atoms with van der Waals surface area (Å²) in [5.74, 6) is 0.523. The SMILES string of the molecule is COc1ccc2cc(C(C)C(=O)NCc3ccc(C(=O)N4CCOCC4)cc3)ccc2c1. The van der Waals surface area contributed by atoms with Crippen LogP contribution in [0.2, 0.25) is 0 Å². The highest BCUT2D eigenvalue weighted by Gasteiger charge is 2.19. The first-order chi connectivity index (χ1) is 15.5. The normalized spacial score (nSPS) is 14.8. The van der Waals surface area contributed by atoms with Gasteiger partial charge in [0.15, 0.2) is 0 Å². The molecular weight excluding hydrogens is 404 g/mol. The zero-order valence-electron chi connectivity index (χ0n) is 18.5. The van der Waals surface area contributed by atoms with E-state index in [9.17, 15) is 9.59 Å². The predicted molar refractivity (Wildman–Crippen MR) is 124 cm³/mol. The Morgan fingerprint density at radius 2 is 1.69 bits per heavy atom. The van der Waals surface area contributed by atoms with Gasteiger partial charge in [-0.2, -0.15) is 0 Å². The number of fused-ring (bicyclic) bond motifs is 1. The number of hydrogen-bond acceptors (Lipinski definition) is 4. The number of morpholine rings is 1. The van der Waals surface area contributed by atoms with E-state index in [1.165, 1.54) is 0 Å². The molecule has 6 nitrogen and oxygen atoms in total. The van der Waals surface area contributed by atoms with Crippen molar-refractivity contribution in [2.24, 2.45) is 0 Å². The topological polar surface area (TPSA) is 67.9 Å². The molecule has 3 aromatic rings. The van der Waals surface area contributed by atoms with Crippen LogP contribution in [0, 0.1) is 0 Å². The van der Waals surface area contributed by atoms with Crippen molar-refractivity contribution in [2.75, 3.05) is 33.4 Å². The molecule has 166 valence electrons. The first-order valence-corrected chi connectivity index (χ1v) is 10.9. The second-order valence-corrected chi connectivity index (χ2v) is 8.01. The van der Waals surface area contributed by atoms with Gasteiger partial charge >= 0.3 is 0 Å². The Hall–Kier alpha value is -3.38. The van der Waals surface area contributed by atoms with E-state index < -0.39 is 0 Å². The van der Waals surface area contributed by atoms with Crippen molar-refractivity contribution >= 4 is 22.6 Å². The quantitative estimate of drug-likeness (QED) is 0.644. The van der Waals surface area contributed by atoms with Crippen molar-refractivity contribution in [3.05, 3.63) is 77.4 Å². The van der Waals surface area contributed by atoms with Crippen LogP contribution in [0.5, 0.6) is 5.75 Å². The van der Waals surface area contributed by atoms with Gasteiger partial charge in [-0.25, -0.2) is 0 Å². The standard InChI is InChI=1S/C26H28N2O4/c1-18(21-7-8-23-16-24(31-2)10-9-22(23)15-21)25(29)27-17-19-3-5-20(6-4-19)26(30)28-11-13-32-14-12-28/h3-10,15-16,18H,11-14,17H2,1-2H3,(H,27,29). The average Bonchev–Trinajstić information content (AvgIpc) is 2.86.